The number of benzene rings is 2. The topological polar surface area (TPSA) is 20.2 Å². The highest BCUT2D eigenvalue weighted by Crippen LogP contribution is 2.31. The van der Waals surface area contributed by atoms with E-state index in [-0.39, 0.29) is 5.92 Å². The third kappa shape index (κ3) is 4.36. The molecule has 0 amide bonds. The van der Waals surface area contributed by atoms with E-state index in [1.165, 1.54) is 0 Å². The molecule has 0 heterocycles. The molecule has 2 aromatic rings. The molecule has 0 spiro atoms. The van der Waals surface area contributed by atoms with E-state index < -0.39 is 6.10 Å². The second-order valence-corrected chi connectivity index (χ2v) is 5.54. The highest BCUT2D eigenvalue weighted by Gasteiger charge is 2.22. The first-order valence-electron chi connectivity index (χ1n) is 7.14. The zero-order chi connectivity index (χ0) is 15.1. The minimum atomic E-state index is -0.457. The summed E-state index contributed by atoms with van der Waals surface area (Å²) in [7, 11) is 0. The van der Waals surface area contributed by atoms with Crippen molar-refractivity contribution in [2.75, 3.05) is 0 Å². The Morgan fingerprint density at radius 3 is 2.24 bits per heavy atom. The van der Waals surface area contributed by atoms with Gasteiger partial charge in [0.2, 0.25) is 0 Å². The van der Waals surface area contributed by atoms with Crippen LogP contribution in [0.15, 0.2) is 54.6 Å². The molecule has 0 radical (unpaired) electrons. The lowest BCUT2D eigenvalue weighted by Gasteiger charge is -2.24. The number of aliphatic hydroxyl groups excluding tert-OH is 1. The molecule has 0 aliphatic carbocycles. The lowest BCUT2D eigenvalue weighted by molar-refractivity contribution is 0.144. The van der Waals surface area contributed by atoms with Gasteiger partial charge in [0.05, 0.1) is 6.10 Å². The molecule has 0 saturated carbocycles. The molecule has 2 unspecified atom stereocenters. The van der Waals surface area contributed by atoms with E-state index in [2.05, 4.69) is 5.92 Å². The normalized spacial score (nSPS) is 13.4. The van der Waals surface area contributed by atoms with E-state index >= 15 is 0 Å². The third-order valence-corrected chi connectivity index (χ3v) is 3.85. The largest absolute Gasteiger partial charge is 0.392 e. The van der Waals surface area contributed by atoms with Gasteiger partial charge in [-0.05, 0) is 36.1 Å². The Kier molecular flexibility index (Phi) is 5.87. The third-order valence-electron chi connectivity index (χ3n) is 3.59. The second-order valence-electron chi connectivity index (χ2n) is 5.10. The second kappa shape index (κ2) is 7.88. The first-order chi connectivity index (χ1) is 10.2. The molecule has 2 atom stereocenters. The van der Waals surface area contributed by atoms with Gasteiger partial charge in [0.25, 0.3) is 0 Å². The summed E-state index contributed by atoms with van der Waals surface area (Å²) in [5.74, 6) is 2.57. The van der Waals surface area contributed by atoms with Crippen LogP contribution in [-0.2, 0) is 0 Å². The lowest BCUT2D eigenvalue weighted by Crippen LogP contribution is -2.19. The average Bonchev–Trinajstić information content (AvgIpc) is 2.51. The smallest absolute Gasteiger partial charge is 0.0649 e. The Labute approximate surface area is 131 Å². The summed E-state index contributed by atoms with van der Waals surface area (Å²) >= 11 is 5.96. The fourth-order valence-electron chi connectivity index (χ4n) is 2.55. The van der Waals surface area contributed by atoms with Crippen LogP contribution >= 0.6 is 11.6 Å². The molecule has 2 aromatic carbocycles. The van der Waals surface area contributed by atoms with Crippen molar-refractivity contribution in [1.82, 2.24) is 0 Å². The zero-order valence-corrected chi connectivity index (χ0v) is 12.6. The van der Waals surface area contributed by atoms with Crippen molar-refractivity contribution in [1.29, 1.82) is 0 Å². The van der Waals surface area contributed by atoms with Crippen LogP contribution < -0.4 is 0 Å². The van der Waals surface area contributed by atoms with Crippen molar-refractivity contribution in [2.24, 2.45) is 0 Å². The standard InChI is InChI=1S/C19H19ClO/c1-2-3-5-10-18(21)19(15-8-6-4-7-9-15)16-11-13-17(20)14-12-16/h1,4,6-9,11-14,18-19,21H,3,5,10H2. The van der Waals surface area contributed by atoms with Crippen LogP contribution in [0.2, 0.25) is 5.02 Å². The molecular formula is C19H19ClO. The molecule has 21 heavy (non-hydrogen) atoms. The van der Waals surface area contributed by atoms with Gasteiger partial charge in [-0.15, -0.1) is 12.3 Å². The van der Waals surface area contributed by atoms with Gasteiger partial charge in [-0.2, -0.15) is 0 Å². The molecule has 0 aromatic heterocycles. The van der Waals surface area contributed by atoms with Crippen LogP contribution in [0.3, 0.4) is 0 Å². The van der Waals surface area contributed by atoms with Crippen molar-refractivity contribution < 1.29 is 5.11 Å². The van der Waals surface area contributed by atoms with Crippen molar-refractivity contribution in [2.45, 2.75) is 31.3 Å². The number of terminal acetylenes is 1. The summed E-state index contributed by atoms with van der Waals surface area (Å²) in [6, 6.07) is 17.7. The quantitative estimate of drug-likeness (QED) is 0.608. The highest BCUT2D eigenvalue weighted by molar-refractivity contribution is 6.30. The van der Waals surface area contributed by atoms with E-state index in [1.54, 1.807) is 0 Å². The first-order valence-corrected chi connectivity index (χ1v) is 7.52. The fraction of sp³-hybridized carbons (Fsp3) is 0.263. The van der Waals surface area contributed by atoms with Gasteiger partial charge < -0.3 is 5.11 Å². The average molecular weight is 299 g/mol. The van der Waals surface area contributed by atoms with Crippen LogP contribution in [0.5, 0.6) is 0 Å². The number of hydrogen-bond acceptors (Lipinski definition) is 1. The maximum atomic E-state index is 10.6. The number of rotatable bonds is 6. The molecule has 1 N–H and O–H groups in total. The first kappa shape index (κ1) is 15.6. The number of hydrogen-bond donors (Lipinski definition) is 1. The highest BCUT2D eigenvalue weighted by atomic mass is 35.5. The van der Waals surface area contributed by atoms with Crippen LogP contribution in [0.25, 0.3) is 0 Å². The molecule has 2 heteroatoms. The fourth-order valence-corrected chi connectivity index (χ4v) is 2.67. The summed E-state index contributed by atoms with van der Waals surface area (Å²) in [5, 5.41) is 11.3. The Morgan fingerprint density at radius 1 is 1.00 bits per heavy atom. The van der Waals surface area contributed by atoms with Gasteiger partial charge in [0.15, 0.2) is 0 Å². The Hall–Kier alpha value is -1.75. The summed E-state index contributed by atoms with van der Waals surface area (Å²) in [5.41, 5.74) is 2.17. The summed E-state index contributed by atoms with van der Waals surface area (Å²) in [6.45, 7) is 0. The van der Waals surface area contributed by atoms with Gasteiger partial charge >= 0.3 is 0 Å². The van der Waals surface area contributed by atoms with E-state index in [9.17, 15) is 5.11 Å². The Morgan fingerprint density at radius 2 is 1.62 bits per heavy atom. The summed E-state index contributed by atoms with van der Waals surface area (Å²) in [4.78, 5) is 0. The molecule has 1 nitrogen and oxygen atoms in total. The van der Waals surface area contributed by atoms with Gasteiger partial charge in [-0.1, -0.05) is 54.1 Å². The van der Waals surface area contributed by atoms with E-state index in [4.69, 9.17) is 18.0 Å². The number of unbranched alkanes of at least 4 members (excludes halogenated alkanes) is 1. The van der Waals surface area contributed by atoms with Crippen molar-refractivity contribution in [3.05, 3.63) is 70.7 Å². The molecule has 0 bridgehead atoms. The molecule has 0 fully saturated rings. The maximum absolute atomic E-state index is 10.6. The van der Waals surface area contributed by atoms with Crippen LogP contribution in [-0.4, -0.2) is 11.2 Å². The molecule has 0 aliphatic heterocycles. The minimum Gasteiger partial charge on any atom is -0.392 e. The minimum absolute atomic E-state index is 0.0544. The molecule has 108 valence electrons. The molecule has 0 aliphatic rings. The lowest BCUT2D eigenvalue weighted by atomic mass is 9.84. The SMILES string of the molecule is C#CCCCC(O)C(c1ccccc1)c1ccc(Cl)cc1. The van der Waals surface area contributed by atoms with Gasteiger partial charge in [-0.3, -0.25) is 0 Å². The predicted octanol–water partition coefficient (Wildman–Crippen LogP) is 4.64. The van der Waals surface area contributed by atoms with E-state index in [0.717, 1.165) is 17.5 Å². The van der Waals surface area contributed by atoms with Crippen LogP contribution in [0.1, 0.15) is 36.3 Å². The number of aliphatic hydroxyl groups is 1. The van der Waals surface area contributed by atoms with Gasteiger partial charge in [-0.25, -0.2) is 0 Å². The summed E-state index contributed by atoms with van der Waals surface area (Å²) < 4.78 is 0. The van der Waals surface area contributed by atoms with Gasteiger partial charge in [0, 0.05) is 17.4 Å². The monoisotopic (exact) mass is 298 g/mol. The van der Waals surface area contributed by atoms with E-state index in [1.807, 2.05) is 54.6 Å². The zero-order valence-electron chi connectivity index (χ0n) is 11.9. The molecular weight excluding hydrogens is 280 g/mol. The van der Waals surface area contributed by atoms with Crippen molar-refractivity contribution in [3.8, 4) is 12.3 Å². The van der Waals surface area contributed by atoms with Crippen molar-refractivity contribution in [3.63, 3.8) is 0 Å². The predicted molar refractivity (Wildman–Crippen MR) is 88.4 cm³/mol. The van der Waals surface area contributed by atoms with Crippen molar-refractivity contribution >= 4 is 11.6 Å². The molecule has 0 saturated heterocycles. The van der Waals surface area contributed by atoms with E-state index in [0.29, 0.717) is 17.9 Å². The number of halogens is 1. The maximum Gasteiger partial charge on any atom is 0.0649 e. The Bertz CT molecular complexity index is 583. The Balaban J connectivity index is 2.26. The van der Waals surface area contributed by atoms with Crippen LogP contribution in [0, 0.1) is 12.3 Å². The summed E-state index contributed by atoms with van der Waals surface area (Å²) in [6.07, 6.45) is 7.04. The van der Waals surface area contributed by atoms with Gasteiger partial charge in [0.1, 0.15) is 0 Å². The van der Waals surface area contributed by atoms with Crippen LogP contribution in [0.4, 0.5) is 0 Å². The molecule has 2 rings (SSSR count).